The van der Waals surface area contributed by atoms with Crippen molar-refractivity contribution >= 4 is 33.5 Å². The van der Waals surface area contributed by atoms with Gasteiger partial charge in [-0.1, -0.05) is 58.4 Å². The minimum absolute atomic E-state index is 0.0650. The molecule has 1 aliphatic heterocycles. The van der Waals surface area contributed by atoms with Crippen molar-refractivity contribution in [3.8, 4) is 0 Å². The van der Waals surface area contributed by atoms with Crippen molar-refractivity contribution in [2.75, 3.05) is 11.9 Å². The number of anilines is 1. The first kappa shape index (κ1) is 18.9. The number of amides is 1. The van der Waals surface area contributed by atoms with E-state index in [2.05, 4.69) is 27.8 Å². The molecule has 1 heterocycles. The first-order valence-electron chi connectivity index (χ1n) is 9.42. The lowest BCUT2D eigenvalue weighted by molar-refractivity contribution is -0.146. The van der Waals surface area contributed by atoms with Gasteiger partial charge in [-0.25, -0.2) is 0 Å². The molecule has 1 saturated carbocycles. The van der Waals surface area contributed by atoms with Gasteiger partial charge in [0.1, 0.15) is 0 Å². The highest BCUT2D eigenvalue weighted by molar-refractivity contribution is 9.10. The molecule has 0 aromatic heterocycles. The number of cyclic esters (lactones) is 1. The second kappa shape index (κ2) is 7.55. The molecule has 0 bridgehead atoms. The van der Waals surface area contributed by atoms with E-state index in [1.165, 1.54) is 0 Å². The molecule has 1 saturated heterocycles. The summed E-state index contributed by atoms with van der Waals surface area (Å²) in [6.45, 7) is 4.59. The number of nitrogens with one attached hydrogen (secondary N) is 1. The number of hydrogen-bond acceptors (Lipinski definition) is 3. The monoisotopic (exact) mass is 439 g/mol. The lowest BCUT2D eigenvalue weighted by Gasteiger charge is -2.24. The third-order valence-electron chi connectivity index (χ3n) is 5.77. The first-order chi connectivity index (χ1) is 13.5. The largest absolute Gasteiger partial charge is 0.465 e. The first-order valence-corrected chi connectivity index (χ1v) is 10.2. The Morgan fingerprint density at radius 1 is 1.21 bits per heavy atom. The number of carbonyl (C=O) groups excluding carboxylic acids is 2. The Morgan fingerprint density at radius 2 is 1.96 bits per heavy atom. The summed E-state index contributed by atoms with van der Waals surface area (Å²) < 4.78 is 6.27. The molecule has 0 radical (unpaired) electrons. The van der Waals surface area contributed by atoms with E-state index in [1.807, 2.05) is 48.5 Å². The van der Waals surface area contributed by atoms with Gasteiger partial charge in [-0.2, -0.15) is 0 Å². The minimum atomic E-state index is -0.457. The van der Waals surface area contributed by atoms with Crippen molar-refractivity contribution in [3.63, 3.8) is 0 Å². The second-order valence-electron chi connectivity index (χ2n) is 7.77. The molecule has 2 unspecified atom stereocenters. The summed E-state index contributed by atoms with van der Waals surface area (Å²) in [4.78, 5) is 24.7. The highest BCUT2D eigenvalue weighted by Gasteiger charge is 2.55. The van der Waals surface area contributed by atoms with Crippen LogP contribution < -0.4 is 5.32 Å². The molecular weight excluding hydrogens is 418 g/mol. The van der Waals surface area contributed by atoms with E-state index in [4.69, 9.17) is 4.74 Å². The summed E-state index contributed by atoms with van der Waals surface area (Å²) in [6, 6.07) is 15.4. The van der Waals surface area contributed by atoms with Gasteiger partial charge in [-0.3, -0.25) is 9.59 Å². The molecule has 4 nitrogen and oxygen atoms in total. The van der Waals surface area contributed by atoms with Crippen molar-refractivity contribution in [1.82, 2.24) is 0 Å². The van der Waals surface area contributed by atoms with Crippen LogP contribution in [0.3, 0.4) is 0 Å². The third kappa shape index (κ3) is 3.63. The van der Waals surface area contributed by atoms with Gasteiger partial charge in [0.2, 0.25) is 5.91 Å². The van der Waals surface area contributed by atoms with E-state index in [9.17, 15) is 9.59 Å². The zero-order chi connectivity index (χ0) is 19.7. The maximum Gasteiger partial charge on any atom is 0.313 e. The summed E-state index contributed by atoms with van der Waals surface area (Å²) in [5.74, 6) is 0.0722. The molecule has 2 atom stereocenters. The van der Waals surface area contributed by atoms with Crippen LogP contribution in [0, 0.1) is 11.3 Å². The van der Waals surface area contributed by atoms with Gasteiger partial charge < -0.3 is 10.1 Å². The maximum absolute atomic E-state index is 12.4. The van der Waals surface area contributed by atoms with Gasteiger partial charge in [0.25, 0.3) is 0 Å². The number of esters is 1. The van der Waals surface area contributed by atoms with Crippen LogP contribution >= 0.6 is 15.9 Å². The van der Waals surface area contributed by atoms with E-state index in [0.717, 1.165) is 33.3 Å². The molecule has 2 aliphatic rings. The van der Waals surface area contributed by atoms with Gasteiger partial charge in [0.05, 0.1) is 18.4 Å². The fraction of sp³-hybridized carbons (Fsp3) is 0.304. The van der Waals surface area contributed by atoms with E-state index in [0.29, 0.717) is 25.9 Å². The molecule has 2 aromatic rings. The molecular formula is C23H22BrNO3. The summed E-state index contributed by atoms with van der Waals surface area (Å²) in [6.07, 6.45) is 2.54. The number of rotatable bonds is 5. The maximum atomic E-state index is 12.4. The van der Waals surface area contributed by atoms with Crippen LogP contribution in [-0.2, 0) is 27.2 Å². The van der Waals surface area contributed by atoms with Crippen molar-refractivity contribution < 1.29 is 14.3 Å². The molecule has 1 amide bonds. The number of carbonyl (C=O) groups is 2. The number of fused-ring (bicyclic) bond motifs is 1. The summed E-state index contributed by atoms with van der Waals surface area (Å²) >= 11 is 3.47. The minimum Gasteiger partial charge on any atom is -0.465 e. The Kier molecular flexibility index (Phi) is 5.11. The van der Waals surface area contributed by atoms with Gasteiger partial charge in [-0.05, 0) is 48.6 Å². The van der Waals surface area contributed by atoms with E-state index in [1.54, 1.807) is 0 Å². The molecule has 144 valence electrons. The number of benzene rings is 2. The third-order valence-corrected chi connectivity index (χ3v) is 6.54. The molecule has 0 spiro atoms. The Labute approximate surface area is 173 Å². The van der Waals surface area contributed by atoms with Crippen LogP contribution in [0.15, 0.2) is 65.2 Å². The Balaban J connectivity index is 1.42. The van der Waals surface area contributed by atoms with E-state index >= 15 is 0 Å². The predicted octanol–water partition coefficient (Wildman–Crippen LogP) is 4.68. The average molecular weight is 440 g/mol. The Bertz CT molecular complexity index is 937. The fourth-order valence-corrected chi connectivity index (χ4v) is 4.78. The van der Waals surface area contributed by atoms with Crippen LogP contribution in [0.5, 0.6) is 0 Å². The van der Waals surface area contributed by atoms with Gasteiger partial charge in [0, 0.05) is 16.1 Å². The van der Waals surface area contributed by atoms with Crippen molar-refractivity contribution in [1.29, 1.82) is 0 Å². The second-order valence-corrected chi connectivity index (χ2v) is 8.63. The summed E-state index contributed by atoms with van der Waals surface area (Å²) in [7, 11) is 0. The predicted molar refractivity (Wildman–Crippen MR) is 112 cm³/mol. The molecule has 28 heavy (non-hydrogen) atoms. The zero-order valence-corrected chi connectivity index (χ0v) is 17.1. The average Bonchev–Trinajstić information content (AvgIpc) is 3.13. The van der Waals surface area contributed by atoms with Crippen LogP contribution in [0.4, 0.5) is 5.69 Å². The summed E-state index contributed by atoms with van der Waals surface area (Å²) in [5.41, 5.74) is 3.45. The SMILES string of the molecule is C=C1CC2COC(=O)C2(Cc2ccc(NC(=O)Cc3ccccc3Br)cc2)C1. The van der Waals surface area contributed by atoms with Crippen molar-refractivity contribution in [2.45, 2.75) is 25.7 Å². The van der Waals surface area contributed by atoms with E-state index < -0.39 is 5.41 Å². The molecule has 2 fully saturated rings. The van der Waals surface area contributed by atoms with E-state index in [-0.39, 0.29) is 17.8 Å². The number of halogens is 1. The zero-order valence-electron chi connectivity index (χ0n) is 15.5. The Morgan fingerprint density at radius 3 is 2.71 bits per heavy atom. The molecule has 1 N–H and O–H groups in total. The van der Waals surface area contributed by atoms with Gasteiger partial charge in [-0.15, -0.1) is 0 Å². The number of ether oxygens (including phenoxy) is 1. The lowest BCUT2D eigenvalue weighted by Crippen LogP contribution is -2.31. The summed E-state index contributed by atoms with van der Waals surface area (Å²) in [5, 5.41) is 2.93. The molecule has 4 rings (SSSR count). The van der Waals surface area contributed by atoms with Crippen LogP contribution in [0.1, 0.15) is 24.0 Å². The lowest BCUT2D eigenvalue weighted by atomic mass is 9.75. The van der Waals surface area contributed by atoms with Gasteiger partial charge in [0.15, 0.2) is 0 Å². The Hall–Kier alpha value is -2.40. The topological polar surface area (TPSA) is 55.4 Å². The highest BCUT2D eigenvalue weighted by Crippen LogP contribution is 2.52. The number of allylic oxidation sites excluding steroid dienone is 1. The molecule has 2 aromatic carbocycles. The van der Waals surface area contributed by atoms with Crippen LogP contribution in [0.25, 0.3) is 0 Å². The number of hydrogen-bond donors (Lipinski definition) is 1. The van der Waals surface area contributed by atoms with Crippen LogP contribution in [-0.4, -0.2) is 18.5 Å². The smallest absolute Gasteiger partial charge is 0.313 e. The van der Waals surface area contributed by atoms with Crippen LogP contribution in [0.2, 0.25) is 0 Å². The normalized spacial score (nSPS) is 23.4. The van der Waals surface area contributed by atoms with Crippen molar-refractivity contribution in [3.05, 3.63) is 76.3 Å². The van der Waals surface area contributed by atoms with Gasteiger partial charge >= 0.3 is 5.97 Å². The highest BCUT2D eigenvalue weighted by atomic mass is 79.9. The molecule has 5 heteroatoms. The molecule has 1 aliphatic carbocycles. The van der Waals surface area contributed by atoms with Crippen molar-refractivity contribution in [2.24, 2.45) is 11.3 Å². The quantitative estimate of drug-likeness (QED) is 0.543. The standard InChI is InChI=1S/C23H22BrNO3/c1-15-10-18-14-28-22(27)23(18,12-15)13-16-6-8-19(9-7-16)25-21(26)11-17-4-2-3-5-20(17)24/h2-9,18H,1,10-14H2,(H,25,26). The fourth-order valence-electron chi connectivity index (χ4n) is 4.35.